The molecule has 3 aromatic carbocycles. The molecule has 0 aliphatic heterocycles. The average Bonchev–Trinajstić information content (AvgIpc) is 3.12. The van der Waals surface area contributed by atoms with E-state index in [4.69, 9.17) is 9.47 Å². The summed E-state index contributed by atoms with van der Waals surface area (Å²) in [6.07, 6.45) is 1.72. The van der Waals surface area contributed by atoms with Gasteiger partial charge in [-0.05, 0) is 66.6 Å². The third-order valence-electron chi connectivity index (χ3n) is 4.44. The average molecular weight is 405 g/mol. The van der Waals surface area contributed by atoms with Crippen LogP contribution in [-0.2, 0) is 6.61 Å². The fourth-order valence-corrected chi connectivity index (χ4v) is 2.98. The summed E-state index contributed by atoms with van der Waals surface area (Å²) in [5.41, 5.74) is 3.61. The molecule has 4 rings (SSSR count). The van der Waals surface area contributed by atoms with E-state index in [1.807, 2.05) is 31.2 Å². The van der Waals surface area contributed by atoms with E-state index in [1.54, 1.807) is 30.5 Å². The van der Waals surface area contributed by atoms with Gasteiger partial charge in [-0.2, -0.15) is 0 Å². The molecule has 1 heterocycles. The van der Waals surface area contributed by atoms with Gasteiger partial charge in [-0.25, -0.2) is 9.18 Å². The van der Waals surface area contributed by atoms with E-state index in [0.717, 1.165) is 16.6 Å². The van der Waals surface area contributed by atoms with Gasteiger partial charge in [0.05, 0.1) is 23.3 Å². The molecule has 2 N–H and O–H groups in total. The Morgan fingerprint density at radius 2 is 1.73 bits per heavy atom. The highest BCUT2D eigenvalue weighted by Gasteiger charge is 2.07. The molecule has 0 spiro atoms. The number of ether oxygens (including phenoxy) is 2. The van der Waals surface area contributed by atoms with Crippen molar-refractivity contribution >= 4 is 22.9 Å². The Bertz CT molecular complexity index is 1240. The van der Waals surface area contributed by atoms with E-state index < -0.39 is 0 Å². The van der Waals surface area contributed by atoms with Crippen LogP contribution in [0.4, 0.5) is 10.1 Å². The van der Waals surface area contributed by atoms with Gasteiger partial charge >= 0.3 is 5.69 Å². The minimum absolute atomic E-state index is 0.247. The summed E-state index contributed by atoms with van der Waals surface area (Å²) in [6.45, 7) is 2.70. The zero-order chi connectivity index (χ0) is 20.9. The van der Waals surface area contributed by atoms with Crippen molar-refractivity contribution in [2.24, 2.45) is 4.99 Å². The molecule has 0 unspecified atom stereocenters. The molecule has 4 aromatic rings. The second kappa shape index (κ2) is 8.65. The summed E-state index contributed by atoms with van der Waals surface area (Å²) in [4.78, 5) is 21.3. The van der Waals surface area contributed by atoms with Crippen LogP contribution in [-0.4, -0.2) is 22.8 Å². The molecule has 152 valence electrons. The van der Waals surface area contributed by atoms with Crippen molar-refractivity contribution < 1.29 is 13.9 Å². The van der Waals surface area contributed by atoms with Crippen LogP contribution in [0.2, 0.25) is 0 Å². The largest absolute Gasteiger partial charge is 0.490 e. The van der Waals surface area contributed by atoms with Gasteiger partial charge in [-0.15, -0.1) is 0 Å². The second-order valence-corrected chi connectivity index (χ2v) is 6.62. The first kappa shape index (κ1) is 19.4. The monoisotopic (exact) mass is 405 g/mol. The van der Waals surface area contributed by atoms with Crippen molar-refractivity contribution in [1.29, 1.82) is 0 Å². The maximum Gasteiger partial charge on any atom is 0.323 e. The van der Waals surface area contributed by atoms with Crippen molar-refractivity contribution in [3.8, 4) is 11.5 Å². The number of rotatable bonds is 7. The maximum absolute atomic E-state index is 13.0. The number of hydrogen-bond donors (Lipinski definition) is 2. The van der Waals surface area contributed by atoms with Crippen LogP contribution in [0.1, 0.15) is 18.1 Å². The van der Waals surface area contributed by atoms with Gasteiger partial charge in [0.2, 0.25) is 0 Å². The van der Waals surface area contributed by atoms with Gasteiger partial charge in [0.25, 0.3) is 0 Å². The summed E-state index contributed by atoms with van der Waals surface area (Å²) in [6, 6.07) is 17.2. The Labute approximate surface area is 172 Å². The Balaban J connectivity index is 1.51. The number of nitrogens with zero attached hydrogens (tertiary/aromatic N) is 1. The highest BCUT2D eigenvalue weighted by molar-refractivity contribution is 5.85. The maximum atomic E-state index is 13.0. The van der Waals surface area contributed by atoms with Gasteiger partial charge in [0.1, 0.15) is 12.4 Å². The van der Waals surface area contributed by atoms with E-state index in [9.17, 15) is 9.18 Å². The lowest BCUT2D eigenvalue weighted by Gasteiger charge is -2.12. The van der Waals surface area contributed by atoms with Gasteiger partial charge in [0.15, 0.2) is 11.5 Å². The lowest BCUT2D eigenvalue weighted by atomic mass is 10.2. The third-order valence-corrected chi connectivity index (χ3v) is 4.44. The molecule has 30 heavy (non-hydrogen) atoms. The minimum Gasteiger partial charge on any atom is -0.490 e. The molecule has 1 aromatic heterocycles. The molecule has 0 bridgehead atoms. The molecule has 6 nitrogen and oxygen atoms in total. The summed E-state index contributed by atoms with van der Waals surface area (Å²) in [7, 11) is 0. The van der Waals surface area contributed by atoms with Crippen LogP contribution in [0.5, 0.6) is 11.5 Å². The summed E-state index contributed by atoms with van der Waals surface area (Å²) < 4.78 is 24.6. The molecule has 0 saturated heterocycles. The van der Waals surface area contributed by atoms with Crippen molar-refractivity contribution in [2.45, 2.75) is 13.5 Å². The first-order valence-electron chi connectivity index (χ1n) is 9.51. The Morgan fingerprint density at radius 3 is 2.53 bits per heavy atom. The number of halogens is 1. The Kier molecular flexibility index (Phi) is 5.61. The lowest BCUT2D eigenvalue weighted by molar-refractivity contribution is 0.269. The lowest BCUT2D eigenvalue weighted by Crippen LogP contribution is -2.00. The number of nitrogens with one attached hydrogen (secondary N) is 2. The van der Waals surface area contributed by atoms with Crippen LogP contribution in [0.15, 0.2) is 70.5 Å². The topological polar surface area (TPSA) is 79.5 Å². The number of aromatic nitrogens is 2. The third kappa shape index (κ3) is 4.57. The highest BCUT2D eigenvalue weighted by atomic mass is 19.1. The van der Waals surface area contributed by atoms with E-state index in [2.05, 4.69) is 15.0 Å². The summed E-state index contributed by atoms with van der Waals surface area (Å²) in [5.74, 6) is 0.929. The van der Waals surface area contributed by atoms with Gasteiger partial charge < -0.3 is 19.4 Å². The van der Waals surface area contributed by atoms with Crippen LogP contribution in [0, 0.1) is 5.82 Å². The molecule has 0 saturated carbocycles. The molecule has 0 aliphatic rings. The first-order valence-corrected chi connectivity index (χ1v) is 9.51. The SMILES string of the molecule is CCOc1cc(C=Nc2ccc3[nH]c(=O)[nH]c3c2)ccc1OCc1ccc(F)cc1. The molecule has 0 fully saturated rings. The van der Waals surface area contributed by atoms with Gasteiger partial charge in [0, 0.05) is 6.21 Å². The normalized spacial score (nSPS) is 11.3. The standard InChI is InChI=1S/C23H20FN3O3/c1-2-29-22-11-16(5-10-21(22)30-14-15-3-6-17(24)7-4-15)13-25-18-8-9-19-20(12-18)27-23(28)26-19/h3-13H,2,14H2,1H3,(H2,26,27,28). The number of aromatic amines is 2. The Hall–Kier alpha value is -3.87. The first-order chi connectivity index (χ1) is 14.6. The quantitative estimate of drug-likeness (QED) is 0.437. The number of imidazole rings is 1. The van der Waals surface area contributed by atoms with Crippen molar-refractivity contribution in [3.63, 3.8) is 0 Å². The Morgan fingerprint density at radius 1 is 0.933 bits per heavy atom. The predicted molar refractivity (Wildman–Crippen MR) is 115 cm³/mol. The van der Waals surface area contributed by atoms with E-state index in [-0.39, 0.29) is 11.5 Å². The zero-order valence-electron chi connectivity index (χ0n) is 16.3. The molecule has 0 atom stereocenters. The van der Waals surface area contributed by atoms with Gasteiger partial charge in [-0.1, -0.05) is 12.1 Å². The van der Waals surface area contributed by atoms with Crippen molar-refractivity contribution in [3.05, 3.63) is 88.1 Å². The smallest absolute Gasteiger partial charge is 0.323 e. The minimum atomic E-state index is -0.278. The van der Waals surface area contributed by atoms with Crippen molar-refractivity contribution in [1.82, 2.24) is 9.97 Å². The fraction of sp³-hybridized carbons (Fsp3) is 0.130. The van der Waals surface area contributed by atoms with Crippen LogP contribution >= 0.6 is 0 Å². The number of aliphatic imine (C=N–C) groups is 1. The molecule has 0 amide bonds. The van der Waals surface area contributed by atoms with Crippen molar-refractivity contribution in [2.75, 3.05) is 6.61 Å². The molecule has 0 aliphatic carbocycles. The van der Waals surface area contributed by atoms with E-state index in [1.165, 1.54) is 12.1 Å². The number of hydrogen-bond acceptors (Lipinski definition) is 4. The zero-order valence-corrected chi connectivity index (χ0v) is 16.3. The number of benzene rings is 3. The molecular weight excluding hydrogens is 385 g/mol. The summed E-state index contributed by atoms with van der Waals surface area (Å²) in [5, 5.41) is 0. The molecule has 7 heteroatoms. The van der Waals surface area contributed by atoms with Crippen LogP contribution in [0.25, 0.3) is 11.0 Å². The summed E-state index contributed by atoms with van der Waals surface area (Å²) >= 11 is 0. The van der Waals surface area contributed by atoms with Crippen LogP contribution in [0.3, 0.4) is 0 Å². The highest BCUT2D eigenvalue weighted by Crippen LogP contribution is 2.29. The fourth-order valence-electron chi connectivity index (χ4n) is 2.98. The second-order valence-electron chi connectivity index (χ2n) is 6.62. The van der Waals surface area contributed by atoms with Crippen LogP contribution < -0.4 is 15.2 Å². The van der Waals surface area contributed by atoms with E-state index in [0.29, 0.717) is 35.9 Å². The predicted octanol–water partition coefficient (Wildman–Crippen LogP) is 4.72. The number of fused-ring (bicyclic) bond motifs is 1. The number of H-pyrrole nitrogens is 2. The van der Waals surface area contributed by atoms with E-state index >= 15 is 0 Å². The molecule has 0 radical (unpaired) electrons. The van der Waals surface area contributed by atoms with Gasteiger partial charge in [-0.3, -0.25) is 4.99 Å². The molecular formula is C23H20FN3O3.